The Balaban J connectivity index is 3.19. The Kier molecular flexibility index (Phi) is 3.03. The number of Topliss-reactive ketones (excluding diaryl/α,β-unsaturated/α-hetero) is 1. The summed E-state index contributed by atoms with van der Waals surface area (Å²) in [6.45, 7) is 12.4. The predicted molar refractivity (Wildman–Crippen MR) is 56.6 cm³/mol. The van der Waals surface area contributed by atoms with Crippen molar-refractivity contribution in [3.05, 3.63) is 40.2 Å². The van der Waals surface area contributed by atoms with Gasteiger partial charge in [-0.3, -0.25) is 4.79 Å². The molecule has 0 unspecified atom stereocenters. The zero-order chi connectivity index (χ0) is 10.7. The highest BCUT2D eigenvalue weighted by atomic mass is 16.1. The van der Waals surface area contributed by atoms with E-state index in [1.165, 1.54) is 0 Å². The number of rotatable bonds is 2. The maximum Gasteiger partial charge on any atom is 0.187 e. The normalized spacial score (nSPS) is 9.57. The summed E-state index contributed by atoms with van der Waals surface area (Å²) < 4.78 is 0. The van der Waals surface area contributed by atoms with Gasteiger partial charge in [0.05, 0.1) is 6.57 Å². The first-order valence-electron chi connectivity index (χ1n) is 4.51. The molecule has 72 valence electrons. The number of hydrogen-bond acceptors (Lipinski definition) is 1. The van der Waals surface area contributed by atoms with Crippen molar-refractivity contribution >= 4 is 11.5 Å². The van der Waals surface area contributed by atoms with Crippen molar-refractivity contribution in [2.75, 3.05) is 0 Å². The summed E-state index contributed by atoms with van der Waals surface area (Å²) in [5.74, 6) is 0.159. The molecule has 0 fully saturated rings. The third-order valence-corrected chi connectivity index (χ3v) is 2.24. The molecule has 2 nitrogen and oxygen atoms in total. The van der Waals surface area contributed by atoms with Gasteiger partial charge in [0.1, 0.15) is 5.78 Å². The number of aryl methyl sites for hydroxylation is 2. The molecule has 0 heterocycles. The van der Waals surface area contributed by atoms with Crippen molar-refractivity contribution in [2.45, 2.75) is 27.2 Å². The van der Waals surface area contributed by atoms with Gasteiger partial charge in [-0.25, -0.2) is 4.85 Å². The second-order valence-electron chi connectivity index (χ2n) is 3.55. The van der Waals surface area contributed by atoms with Crippen LogP contribution in [0.5, 0.6) is 0 Å². The summed E-state index contributed by atoms with van der Waals surface area (Å²) in [5.41, 5.74) is 3.77. The summed E-state index contributed by atoms with van der Waals surface area (Å²) in [4.78, 5) is 14.4. The molecule has 0 amide bonds. The smallest absolute Gasteiger partial charge is 0.187 e. The molecule has 0 aromatic heterocycles. The zero-order valence-corrected chi connectivity index (χ0v) is 8.72. The highest BCUT2D eigenvalue weighted by Gasteiger charge is 2.06. The van der Waals surface area contributed by atoms with Gasteiger partial charge in [-0.1, -0.05) is 23.3 Å². The zero-order valence-electron chi connectivity index (χ0n) is 8.72. The van der Waals surface area contributed by atoms with Crippen LogP contribution < -0.4 is 0 Å². The molecule has 0 saturated carbocycles. The monoisotopic (exact) mass is 187 g/mol. The summed E-state index contributed by atoms with van der Waals surface area (Å²) >= 11 is 0. The van der Waals surface area contributed by atoms with E-state index in [1.807, 2.05) is 26.0 Å². The molecule has 1 rings (SSSR count). The Bertz CT molecular complexity index is 390. The Morgan fingerprint density at radius 2 is 1.86 bits per heavy atom. The second-order valence-corrected chi connectivity index (χ2v) is 3.55. The fourth-order valence-corrected chi connectivity index (χ4v) is 1.56. The van der Waals surface area contributed by atoms with Gasteiger partial charge in [0.2, 0.25) is 0 Å². The molecule has 2 heteroatoms. The first kappa shape index (κ1) is 10.5. The Morgan fingerprint density at radius 3 is 2.21 bits per heavy atom. The van der Waals surface area contributed by atoms with Crippen molar-refractivity contribution in [2.24, 2.45) is 0 Å². The SMILES string of the molecule is [C-]#[N+]c1cc(C)c(CC(C)=O)c(C)c1. The quantitative estimate of drug-likeness (QED) is 0.652. The average Bonchev–Trinajstić information content (AvgIpc) is 2.10. The van der Waals surface area contributed by atoms with E-state index in [2.05, 4.69) is 4.85 Å². The standard InChI is InChI=1S/C12H13NO/c1-8-5-11(13-4)6-9(2)12(8)7-10(3)14/h5-6H,7H2,1-3H3. The van der Waals surface area contributed by atoms with Crippen LogP contribution in [0.2, 0.25) is 0 Å². The number of nitrogens with zero attached hydrogens (tertiary/aromatic N) is 1. The van der Waals surface area contributed by atoms with Crippen LogP contribution in [-0.2, 0) is 11.2 Å². The van der Waals surface area contributed by atoms with Crippen molar-refractivity contribution in [1.82, 2.24) is 0 Å². The van der Waals surface area contributed by atoms with Crippen LogP contribution in [0, 0.1) is 20.4 Å². The number of benzene rings is 1. The van der Waals surface area contributed by atoms with Crippen LogP contribution in [0.3, 0.4) is 0 Å². The van der Waals surface area contributed by atoms with Crippen LogP contribution in [0.15, 0.2) is 12.1 Å². The highest BCUT2D eigenvalue weighted by Crippen LogP contribution is 2.22. The Labute approximate surface area is 84.4 Å². The summed E-state index contributed by atoms with van der Waals surface area (Å²) in [6.07, 6.45) is 0.468. The van der Waals surface area contributed by atoms with E-state index in [1.54, 1.807) is 6.92 Å². The van der Waals surface area contributed by atoms with Gasteiger partial charge in [0.15, 0.2) is 5.69 Å². The van der Waals surface area contributed by atoms with Crippen LogP contribution in [0.25, 0.3) is 4.85 Å². The number of hydrogen-bond donors (Lipinski definition) is 0. The van der Waals surface area contributed by atoms with Crippen molar-refractivity contribution < 1.29 is 4.79 Å². The summed E-state index contributed by atoms with van der Waals surface area (Å²) in [5, 5.41) is 0. The lowest BCUT2D eigenvalue weighted by Gasteiger charge is -2.08. The van der Waals surface area contributed by atoms with Gasteiger partial charge in [-0.05, 0) is 26.3 Å². The highest BCUT2D eigenvalue weighted by molar-refractivity contribution is 5.79. The van der Waals surface area contributed by atoms with E-state index in [9.17, 15) is 4.79 Å². The van der Waals surface area contributed by atoms with Gasteiger partial charge in [0, 0.05) is 6.42 Å². The lowest BCUT2D eigenvalue weighted by atomic mass is 9.98. The van der Waals surface area contributed by atoms with Crippen LogP contribution >= 0.6 is 0 Å². The Morgan fingerprint density at radius 1 is 1.36 bits per heavy atom. The molecular weight excluding hydrogens is 174 g/mol. The van der Waals surface area contributed by atoms with Crippen molar-refractivity contribution in [3.8, 4) is 0 Å². The predicted octanol–water partition coefficient (Wildman–Crippen LogP) is 2.99. The van der Waals surface area contributed by atoms with Crippen LogP contribution in [0.1, 0.15) is 23.6 Å². The average molecular weight is 187 g/mol. The fourth-order valence-electron chi connectivity index (χ4n) is 1.56. The molecule has 0 spiro atoms. The van der Waals surface area contributed by atoms with E-state index < -0.39 is 0 Å². The van der Waals surface area contributed by atoms with E-state index in [4.69, 9.17) is 6.57 Å². The molecule has 0 atom stereocenters. The molecule has 0 saturated heterocycles. The molecule has 1 aromatic rings. The summed E-state index contributed by atoms with van der Waals surface area (Å²) in [7, 11) is 0. The first-order valence-corrected chi connectivity index (χ1v) is 4.51. The maximum absolute atomic E-state index is 11.0. The van der Waals surface area contributed by atoms with Crippen molar-refractivity contribution in [1.29, 1.82) is 0 Å². The minimum Gasteiger partial charge on any atom is -0.300 e. The molecule has 0 aliphatic heterocycles. The van der Waals surface area contributed by atoms with Gasteiger partial charge in [-0.2, -0.15) is 0 Å². The fraction of sp³-hybridized carbons (Fsp3) is 0.333. The summed E-state index contributed by atoms with van der Waals surface area (Å²) in [6, 6.07) is 3.66. The van der Waals surface area contributed by atoms with Gasteiger partial charge in [0.25, 0.3) is 0 Å². The van der Waals surface area contributed by atoms with Crippen LogP contribution in [0.4, 0.5) is 5.69 Å². The van der Waals surface area contributed by atoms with Crippen LogP contribution in [-0.4, -0.2) is 5.78 Å². The molecule has 0 radical (unpaired) electrons. The van der Waals surface area contributed by atoms with Gasteiger partial charge >= 0.3 is 0 Å². The molecule has 0 N–H and O–H groups in total. The van der Waals surface area contributed by atoms with E-state index >= 15 is 0 Å². The van der Waals surface area contributed by atoms with E-state index in [0.717, 1.165) is 16.7 Å². The van der Waals surface area contributed by atoms with Gasteiger partial charge in [-0.15, -0.1) is 0 Å². The van der Waals surface area contributed by atoms with Gasteiger partial charge < -0.3 is 0 Å². The maximum atomic E-state index is 11.0. The second kappa shape index (κ2) is 4.06. The Hall–Kier alpha value is -1.62. The minimum atomic E-state index is 0.159. The molecule has 0 aliphatic rings. The largest absolute Gasteiger partial charge is 0.300 e. The lowest BCUT2D eigenvalue weighted by Crippen LogP contribution is -2.01. The number of carbonyl (C=O) groups is 1. The third-order valence-electron chi connectivity index (χ3n) is 2.24. The molecule has 1 aromatic carbocycles. The molecule has 0 aliphatic carbocycles. The number of ketones is 1. The number of carbonyl (C=O) groups excluding carboxylic acids is 1. The third kappa shape index (κ3) is 2.20. The van der Waals surface area contributed by atoms with Crippen molar-refractivity contribution in [3.63, 3.8) is 0 Å². The minimum absolute atomic E-state index is 0.159. The lowest BCUT2D eigenvalue weighted by molar-refractivity contribution is -0.116. The molecular formula is C12H13NO. The van der Waals surface area contributed by atoms with E-state index in [0.29, 0.717) is 12.1 Å². The molecule has 0 bridgehead atoms. The molecule has 14 heavy (non-hydrogen) atoms. The first-order chi connectivity index (χ1) is 6.54. The topological polar surface area (TPSA) is 21.4 Å². The van der Waals surface area contributed by atoms with E-state index in [-0.39, 0.29) is 5.78 Å².